The SMILES string of the molecule is O=C(COc1ccccc1Cl)N(Cc1cccs1)C1CC1. The van der Waals surface area contributed by atoms with Crippen molar-refractivity contribution in [2.24, 2.45) is 0 Å². The Morgan fingerprint density at radius 3 is 2.76 bits per heavy atom. The summed E-state index contributed by atoms with van der Waals surface area (Å²) in [7, 11) is 0. The van der Waals surface area contributed by atoms with E-state index in [1.165, 1.54) is 4.88 Å². The van der Waals surface area contributed by atoms with Gasteiger partial charge in [0.2, 0.25) is 0 Å². The maximum Gasteiger partial charge on any atom is 0.261 e. The van der Waals surface area contributed by atoms with E-state index in [0.29, 0.717) is 23.4 Å². The van der Waals surface area contributed by atoms with Crippen LogP contribution in [0.3, 0.4) is 0 Å². The van der Waals surface area contributed by atoms with Gasteiger partial charge in [-0.3, -0.25) is 4.79 Å². The third kappa shape index (κ3) is 3.77. The van der Waals surface area contributed by atoms with Crippen LogP contribution in [0.2, 0.25) is 5.02 Å². The molecule has 5 heteroatoms. The molecular formula is C16H16ClNO2S. The molecule has 3 rings (SSSR count). The molecule has 0 atom stereocenters. The summed E-state index contributed by atoms with van der Waals surface area (Å²) < 4.78 is 5.56. The normalized spacial score (nSPS) is 14.0. The highest BCUT2D eigenvalue weighted by Crippen LogP contribution is 2.30. The molecule has 110 valence electrons. The van der Waals surface area contributed by atoms with Gasteiger partial charge in [-0.15, -0.1) is 11.3 Å². The minimum absolute atomic E-state index is 0.0193. The largest absolute Gasteiger partial charge is 0.482 e. The predicted octanol–water partition coefficient (Wildman–Crippen LogP) is 3.97. The summed E-state index contributed by atoms with van der Waals surface area (Å²) in [5, 5.41) is 2.56. The lowest BCUT2D eigenvalue weighted by molar-refractivity contribution is -0.134. The Balaban J connectivity index is 1.61. The molecule has 1 heterocycles. The number of rotatable bonds is 6. The third-order valence-corrected chi connectivity index (χ3v) is 4.58. The zero-order valence-corrected chi connectivity index (χ0v) is 13.1. The van der Waals surface area contributed by atoms with Crippen LogP contribution in [-0.4, -0.2) is 23.5 Å². The molecule has 3 nitrogen and oxygen atoms in total. The van der Waals surface area contributed by atoms with Crippen molar-refractivity contribution in [3.8, 4) is 5.75 Å². The zero-order valence-electron chi connectivity index (χ0n) is 11.5. The molecule has 0 radical (unpaired) electrons. The van der Waals surface area contributed by atoms with Gasteiger partial charge in [-0.05, 0) is 36.4 Å². The van der Waals surface area contributed by atoms with E-state index in [1.807, 2.05) is 28.5 Å². The topological polar surface area (TPSA) is 29.5 Å². The van der Waals surface area contributed by atoms with Gasteiger partial charge in [0.15, 0.2) is 6.61 Å². The second-order valence-corrected chi connectivity index (χ2v) is 6.49. The molecule has 0 saturated heterocycles. The number of thiophene rings is 1. The summed E-state index contributed by atoms with van der Waals surface area (Å²) in [5.74, 6) is 0.574. The number of para-hydroxylation sites is 1. The van der Waals surface area contributed by atoms with Gasteiger partial charge in [0.05, 0.1) is 11.6 Å². The fourth-order valence-corrected chi connectivity index (χ4v) is 3.05. The molecule has 2 aromatic rings. The first kappa shape index (κ1) is 14.4. The van der Waals surface area contributed by atoms with Gasteiger partial charge in [0.1, 0.15) is 5.75 Å². The van der Waals surface area contributed by atoms with E-state index in [4.69, 9.17) is 16.3 Å². The summed E-state index contributed by atoms with van der Waals surface area (Å²) >= 11 is 7.70. The number of hydrogen-bond acceptors (Lipinski definition) is 3. The molecule has 0 aliphatic heterocycles. The van der Waals surface area contributed by atoms with Crippen molar-refractivity contribution in [1.29, 1.82) is 0 Å². The Labute approximate surface area is 133 Å². The van der Waals surface area contributed by atoms with E-state index >= 15 is 0 Å². The van der Waals surface area contributed by atoms with Gasteiger partial charge >= 0.3 is 0 Å². The van der Waals surface area contributed by atoms with Crippen LogP contribution in [-0.2, 0) is 11.3 Å². The quantitative estimate of drug-likeness (QED) is 0.805. The molecule has 1 amide bonds. The number of amides is 1. The van der Waals surface area contributed by atoms with Gasteiger partial charge in [-0.2, -0.15) is 0 Å². The fourth-order valence-electron chi connectivity index (χ4n) is 2.16. The Kier molecular flexibility index (Phi) is 4.46. The number of carbonyl (C=O) groups excluding carboxylic acids is 1. The molecule has 0 spiro atoms. The van der Waals surface area contributed by atoms with Crippen LogP contribution >= 0.6 is 22.9 Å². The van der Waals surface area contributed by atoms with Crippen LogP contribution in [0.5, 0.6) is 5.75 Å². The first-order chi connectivity index (χ1) is 10.2. The Hall–Kier alpha value is -1.52. The Morgan fingerprint density at radius 2 is 2.10 bits per heavy atom. The van der Waals surface area contributed by atoms with Crippen molar-refractivity contribution in [3.05, 3.63) is 51.7 Å². The van der Waals surface area contributed by atoms with Gasteiger partial charge in [0, 0.05) is 10.9 Å². The molecule has 1 fully saturated rings. The first-order valence-electron chi connectivity index (χ1n) is 6.93. The lowest BCUT2D eigenvalue weighted by Gasteiger charge is -2.22. The smallest absolute Gasteiger partial charge is 0.261 e. The number of ether oxygens (including phenoxy) is 1. The van der Waals surface area contributed by atoms with Crippen molar-refractivity contribution in [2.45, 2.75) is 25.4 Å². The van der Waals surface area contributed by atoms with E-state index in [-0.39, 0.29) is 12.5 Å². The lowest BCUT2D eigenvalue weighted by Crippen LogP contribution is -2.36. The maximum atomic E-state index is 12.4. The molecule has 1 saturated carbocycles. The Bertz CT molecular complexity index is 610. The van der Waals surface area contributed by atoms with Gasteiger partial charge < -0.3 is 9.64 Å². The highest BCUT2D eigenvalue weighted by Gasteiger charge is 2.32. The molecule has 1 aliphatic rings. The van der Waals surface area contributed by atoms with Crippen LogP contribution in [0, 0.1) is 0 Å². The fraction of sp³-hybridized carbons (Fsp3) is 0.312. The van der Waals surface area contributed by atoms with E-state index in [2.05, 4.69) is 6.07 Å². The number of hydrogen-bond donors (Lipinski definition) is 0. The number of nitrogens with zero attached hydrogens (tertiary/aromatic N) is 1. The minimum Gasteiger partial charge on any atom is -0.482 e. The number of carbonyl (C=O) groups is 1. The summed E-state index contributed by atoms with van der Waals surface area (Å²) in [6.45, 7) is 0.707. The average molecular weight is 322 g/mol. The van der Waals surface area contributed by atoms with Gasteiger partial charge in [-0.1, -0.05) is 29.8 Å². The molecule has 1 aliphatic carbocycles. The molecule has 0 unspecified atom stereocenters. The summed E-state index contributed by atoms with van der Waals surface area (Å²) in [4.78, 5) is 15.5. The summed E-state index contributed by atoms with van der Waals surface area (Å²) in [5.41, 5.74) is 0. The highest BCUT2D eigenvalue weighted by molar-refractivity contribution is 7.09. The van der Waals surface area contributed by atoms with Crippen LogP contribution in [0.15, 0.2) is 41.8 Å². The van der Waals surface area contributed by atoms with Crippen LogP contribution in [0.4, 0.5) is 0 Å². The van der Waals surface area contributed by atoms with Crippen molar-refractivity contribution in [1.82, 2.24) is 4.90 Å². The standard InChI is InChI=1S/C16H16ClNO2S/c17-14-5-1-2-6-15(14)20-11-16(19)18(12-7-8-12)10-13-4-3-9-21-13/h1-6,9,12H,7-8,10-11H2. The van der Waals surface area contributed by atoms with E-state index < -0.39 is 0 Å². The molecule has 0 N–H and O–H groups in total. The lowest BCUT2D eigenvalue weighted by atomic mass is 10.3. The van der Waals surface area contributed by atoms with Gasteiger partial charge in [-0.25, -0.2) is 0 Å². The van der Waals surface area contributed by atoms with Crippen LogP contribution in [0.1, 0.15) is 17.7 Å². The van der Waals surface area contributed by atoms with E-state index in [1.54, 1.807) is 23.5 Å². The van der Waals surface area contributed by atoms with Crippen molar-refractivity contribution in [3.63, 3.8) is 0 Å². The molecule has 1 aromatic heterocycles. The minimum atomic E-state index is 0.0193. The van der Waals surface area contributed by atoms with E-state index in [0.717, 1.165) is 12.8 Å². The van der Waals surface area contributed by atoms with Crippen molar-refractivity contribution >= 4 is 28.8 Å². The van der Waals surface area contributed by atoms with E-state index in [9.17, 15) is 4.79 Å². The first-order valence-corrected chi connectivity index (χ1v) is 8.19. The molecular weight excluding hydrogens is 306 g/mol. The second kappa shape index (κ2) is 6.50. The van der Waals surface area contributed by atoms with Crippen molar-refractivity contribution < 1.29 is 9.53 Å². The zero-order chi connectivity index (χ0) is 14.7. The average Bonchev–Trinajstić information content (AvgIpc) is 3.20. The maximum absolute atomic E-state index is 12.4. The molecule has 21 heavy (non-hydrogen) atoms. The number of halogens is 1. The summed E-state index contributed by atoms with van der Waals surface area (Å²) in [6, 6.07) is 11.6. The van der Waals surface area contributed by atoms with Crippen LogP contribution < -0.4 is 4.74 Å². The highest BCUT2D eigenvalue weighted by atomic mass is 35.5. The van der Waals surface area contributed by atoms with Crippen molar-refractivity contribution in [2.75, 3.05) is 6.61 Å². The summed E-state index contributed by atoms with van der Waals surface area (Å²) in [6.07, 6.45) is 2.17. The third-order valence-electron chi connectivity index (χ3n) is 3.40. The van der Waals surface area contributed by atoms with Crippen LogP contribution in [0.25, 0.3) is 0 Å². The monoisotopic (exact) mass is 321 g/mol. The van der Waals surface area contributed by atoms with Gasteiger partial charge in [0.25, 0.3) is 5.91 Å². The molecule has 0 bridgehead atoms. The number of benzene rings is 1. The molecule has 1 aromatic carbocycles. The Morgan fingerprint density at radius 1 is 1.29 bits per heavy atom. The predicted molar refractivity (Wildman–Crippen MR) is 84.8 cm³/mol. The second-order valence-electron chi connectivity index (χ2n) is 5.05.